The van der Waals surface area contributed by atoms with Gasteiger partial charge in [-0.1, -0.05) is 175 Å². The van der Waals surface area contributed by atoms with Gasteiger partial charge < -0.3 is 4.74 Å². The van der Waals surface area contributed by atoms with Crippen LogP contribution in [0.1, 0.15) is 201 Å². The molecule has 2 nitrogen and oxygen atoms in total. The van der Waals surface area contributed by atoms with Crippen LogP contribution in [0.15, 0.2) is 0 Å². The molecule has 0 spiro atoms. The number of hydrogen-bond donors (Lipinski definition) is 0. The minimum absolute atomic E-state index is 0.0500. The topological polar surface area (TPSA) is 26.3 Å². The van der Waals surface area contributed by atoms with Crippen molar-refractivity contribution >= 4 is 5.97 Å². The molecule has 36 heavy (non-hydrogen) atoms. The summed E-state index contributed by atoms with van der Waals surface area (Å²) >= 11 is 0. The molecule has 0 bridgehead atoms. The van der Waals surface area contributed by atoms with Gasteiger partial charge in [0.2, 0.25) is 0 Å². The summed E-state index contributed by atoms with van der Waals surface area (Å²) < 4.78 is 5.76. The predicted octanol–water partition coefficient (Wildman–Crippen LogP) is 12.1. The molecule has 0 fully saturated rings. The van der Waals surface area contributed by atoms with Crippen molar-refractivity contribution in [3.8, 4) is 0 Å². The summed E-state index contributed by atoms with van der Waals surface area (Å²) in [4.78, 5) is 12.3. The molecule has 0 unspecified atom stereocenters. The number of carbonyl (C=O) groups excluding carboxylic acids is 1. The van der Waals surface area contributed by atoms with Crippen molar-refractivity contribution in [3.63, 3.8) is 0 Å². The predicted molar refractivity (Wildman–Crippen MR) is 161 cm³/mol. The van der Waals surface area contributed by atoms with Crippen LogP contribution >= 0.6 is 0 Å². The zero-order valence-electron chi connectivity index (χ0n) is 25.4. The maximum atomic E-state index is 12.3. The van der Waals surface area contributed by atoms with Crippen LogP contribution in [0.4, 0.5) is 0 Å². The molecule has 2 heteroatoms. The van der Waals surface area contributed by atoms with E-state index in [0.29, 0.717) is 18.9 Å². The van der Waals surface area contributed by atoms with Crippen LogP contribution in [0.25, 0.3) is 0 Å². The molecular formula is C34H68O2. The molecule has 0 heterocycles. The number of hydrogen-bond acceptors (Lipinski definition) is 2. The van der Waals surface area contributed by atoms with E-state index in [1.807, 2.05) is 0 Å². The third-order valence-electron chi connectivity index (χ3n) is 7.90. The van der Waals surface area contributed by atoms with Crippen LogP contribution < -0.4 is 0 Å². The van der Waals surface area contributed by atoms with E-state index in [2.05, 4.69) is 20.8 Å². The Morgan fingerprint density at radius 2 is 0.750 bits per heavy atom. The molecule has 0 saturated heterocycles. The fourth-order valence-corrected chi connectivity index (χ4v) is 5.31. The van der Waals surface area contributed by atoms with E-state index in [4.69, 9.17) is 4.74 Å². The summed E-state index contributed by atoms with van der Waals surface area (Å²) in [7, 11) is 0. The van der Waals surface area contributed by atoms with E-state index < -0.39 is 0 Å². The summed E-state index contributed by atoms with van der Waals surface area (Å²) in [5, 5.41) is 0. The summed E-state index contributed by atoms with van der Waals surface area (Å²) in [6.07, 6.45) is 36.8. The molecule has 0 aromatic rings. The molecule has 216 valence electrons. The smallest absolute Gasteiger partial charge is 0.305 e. The summed E-state index contributed by atoms with van der Waals surface area (Å²) in [6.45, 7) is 7.52. The SMILES string of the molecule is CCCCCCCCCCCCCCCC(=O)OCC(CCCCCCCC)CCCCCCCC. The zero-order valence-corrected chi connectivity index (χ0v) is 25.4. The fourth-order valence-electron chi connectivity index (χ4n) is 5.31. The number of esters is 1. The number of ether oxygens (including phenoxy) is 1. The van der Waals surface area contributed by atoms with Gasteiger partial charge in [-0.15, -0.1) is 0 Å². The van der Waals surface area contributed by atoms with Gasteiger partial charge in [0.05, 0.1) is 6.61 Å². The van der Waals surface area contributed by atoms with Gasteiger partial charge in [-0.3, -0.25) is 4.79 Å². The first-order valence-corrected chi connectivity index (χ1v) is 16.9. The van der Waals surface area contributed by atoms with Gasteiger partial charge in [0.25, 0.3) is 0 Å². The summed E-state index contributed by atoms with van der Waals surface area (Å²) in [5.41, 5.74) is 0. The minimum Gasteiger partial charge on any atom is -0.465 e. The monoisotopic (exact) mass is 509 g/mol. The lowest BCUT2D eigenvalue weighted by Crippen LogP contribution is -2.14. The summed E-state index contributed by atoms with van der Waals surface area (Å²) in [6, 6.07) is 0. The van der Waals surface area contributed by atoms with Crippen molar-refractivity contribution in [1.29, 1.82) is 0 Å². The molecule has 0 rings (SSSR count). The molecule has 0 aromatic heterocycles. The van der Waals surface area contributed by atoms with Crippen molar-refractivity contribution in [1.82, 2.24) is 0 Å². The second kappa shape index (κ2) is 30.7. The maximum absolute atomic E-state index is 12.3. The van der Waals surface area contributed by atoms with Gasteiger partial charge in [-0.05, 0) is 25.2 Å². The van der Waals surface area contributed by atoms with Crippen LogP contribution in [0.5, 0.6) is 0 Å². The summed E-state index contributed by atoms with van der Waals surface area (Å²) in [5.74, 6) is 0.631. The normalized spacial score (nSPS) is 11.4. The molecule has 0 aromatic carbocycles. The second-order valence-corrected chi connectivity index (χ2v) is 11.7. The van der Waals surface area contributed by atoms with E-state index in [1.54, 1.807) is 0 Å². The van der Waals surface area contributed by atoms with Crippen LogP contribution in [-0.2, 0) is 9.53 Å². The van der Waals surface area contributed by atoms with Gasteiger partial charge in [0, 0.05) is 6.42 Å². The third-order valence-corrected chi connectivity index (χ3v) is 7.90. The Kier molecular flexibility index (Phi) is 30.2. The van der Waals surface area contributed by atoms with Crippen molar-refractivity contribution < 1.29 is 9.53 Å². The average molecular weight is 509 g/mol. The highest BCUT2D eigenvalue weighted by Crippen LogP contribution is 2.20. The lowest BCUT2D eigenvalue weighted by atomic mass is 9.94. The highest BCUT2D eigenvalue weighted by Gasteiger charge is 2.12. The lowest BCUT2D eigenvalue weighted by Gasteiger charge is -2.17. The Hall–Kier alpha value is -0.530. The highest BCUT2D eigenvalue weighted by molar-refractivity contribution is 5.69. The Morgan fingerprint density at radius 3 is 1.11 bits per heavy atom. The van der Waals surface area contributed by atoms with Crippen LogP contribution in [0.2, 0.25) is 0 Å². The van der Waals surface area contributed by atoms with E-state index >= 15 is 0 Å². The first-order valence-electron chi connectivity index (χ1n) is 16.9. The molecule has 0 amide bonds. The Bertz CT molecular complexity index is 403. The third kappa shape index (κ3) is 28.0. The Balaban J connectivity index is 3.80. The van der Waals surface area contributed by atoms with Crippen molar-refractivity contribution in [2.45, 2.75) is 201 Å². The molecule has 0 aliphatic heterocycles. The minimum atomic E-state index is 0.0500. The number of carbonyl (C=O) groups is 1. The Morgan fingerprint density at radius 1 is 0.444 bits per heavy atom. The first kappa shape index (κ1) is 35.5. The van der Waals surface area contributed by atoms with Crippen molar-refractivity contribution in [2.24, 2.45) is 5.92 Å². The van der Waals surface area contributed by atoms with E-state index in [-0.39, 0.29) is 5.97 Å². The van der Waals surface area contributed by atoms with E-state index in [9.17, 15) is 4.79 Å². The molecule has 0 N–H and O–H groups in total. The zero-order chi connectivity index (χ0) is 26.4. The van der Waals surface area contributed by atoms with Crippen LogP contribution in [0, 0.1) is 5.92 Å². The maximum Gasteiger partial charge on any atom is 0.305 e. The fraction of sp³-hybridized carbons (Fsp3) is 0.971. The lowest BCUT2D eigenvalue weighted by molar-refractivity contribution is -0.145. The first-order chi connectivity index (χ1) is 17.7. The van der Waals surface area contributed by atoms with Crippen molar-refractivity contribution in [3.05, 3.63) is 0 Å². The standard InChI is InChI=1S/C34H68O2/c1-4-7-10-13-16-17-18-19-20-21-22-25-28-31-34(35)36-32-33(29-26-23-14-11-8-5-2)30-27-24-15-12-9-6-3/h33H,4-32H2,1-3H3. The van der Waals surface area contributed by atoms with E-state index in [0.717, 1.165) is 6.42 Å². The van der Waals surface area contributed by atoms with Crippen LogP contribution in [0.3, 0.4) is 0 Å². The van der Waals surface area contributed by atoms with Gasteiger partial charge in [-0.25, -0.2) is 0 Å². The number of unbranched alkanes of at least 4 members (excludes halogenated alkanes) is 22. The van der Waals surface area contributed by atoms with Gasteiger partial charge in [0.1, 0.15) is 0 Å². The molecule has 0 saturated carbocycles. The van der Waals surface area contributed by atoms with E-state index in [1.165, 1.54) is 167 Å². The molecule has 0 radical (unpaired) electrons. The van der Waals surface area contributed by atoms with Crippen LogP contribution in [-0.4, -0.2) is 12.6 Å². The van der Waals surface area contributed by atoms with Gasteiger partial charge in [-0.2, -0.15) is 0 Å². The second-order valence-electron chi connectivity index (χ2n) is 11.7. The van der Waals surface area contributed by atoms with Gasteiger partial charge >= 0.3 is 5.97 Å². The molecule has 0 aliphatic carbocycles. The quantitative estimate of drug-likeness (QED) is 0.0712. The molecule has 0 atom stereocenters. The number of rotatable bonds is 30. The Labute approximate surface area is 228 Å². The molecular weight excluding hydrogens is 440 g/mol. The average Bonchev–Trinajstić information content (AvgIpc) is 2.88. The van der Waals surface area contributed by atoms with Gasteiger partial charge in [0.15, 0.2) is 0 Å². The largest absolute Gasteiger partial charge is 0.465 e. The molecule has 0 aliphatic rings. The highest BCUT2D eigenvalue weighted by atomic mass is 16.5. The van der Waals surface area contributed by atoms with Crippen molar-refractivity contribution in [2.75, 3.05) is 6.61 Å².